The predicted molar refractivity (Wildman–Crippen MR) is 195 cm³/mol. The number of para-hydroxylation sites is 4. The van der Waals surface area contributed by atoms with Crippen LogP contribution in [0.5, 0.6) is 0 Å². The van der Waals surface area contributed by atoms with Crippen LogP contribution < -0.4 is 0 Å². The Labute approximate surface area is 277 Å². The third kappa shape index (κ3) is 4.07. The van der Waals surface area contributed by atoms with E-state index in [1.54, 1.807) is 0 Å². The summed E-state index contributed by atoms with van der Waals surface area (Å²) < 4.78 is 4.50. The largest absolute Gasteiger partial charge is 0.309 e. The Kier molecular flexibility index (Phi) is 6.22. The molecule has 2 heterocycles. The maximum Gasteiger partial charge on any atom is 0.0998 e. The lowest BCUT2D eigenvalue weighted by atomic mass is 9.96. The molecule has 2 aromatic heterocycles. The molecule has 7 aromatic carbocycles. The van der Waals surface area contributed by atoms with Crippen molar-refractivity contribution >= 4 is 43.6 Å². The summed E-state index contributed by atoms with van der Waals surface area (Å²) >= 11 is 0. The van der Waals surface area contributed by atoms with Crippen LogP contribution in [-0.4, -0.2) is 9.13 Å². The number of aromatic nitrogens is 2. The van der Waals surface area contributed by atoms with Crippen molar-refractivity contribution in [3.63, 3.8) is 0 Å². The summed E-state index contributed by atoms with van der Waals surface area (Å²) in [4.78, 5) is 0. The van der Waals surface area contributed by atoms with E-state index in [0.717, 1.165) is 66.5 Å². The minimum absolute atomic E-state index is 0.626. The fourth-order valence-electron chi connectivity index (χ4n) is 7.33. The summed E-state index contributed by atoms with van der Waals surface area (Å²) in [7, 11) is 0. The first-order valence-corrected chi connectivity index (χ1v) is 15.9. The van der Waals surface area contributed by atoms with Crippen LogP contribution in [0.25, 0.3) is 77.2 Å². The van der Waals surface area contributed by atoms with E-state index < -0.39 is 0 Å². The van der Waals surface area contributed by atoms with Crippen LogP contribution in [0.4, 0.5) is 0 Å². The lowest BCUT2D eigenvalue weighted by Crippen LogP contribution is -1.97. The number of benzene rings is 7. The van der Waals surface area contributed by atoms with Gasteiger partial charge in [-0.2, -0.15) is 10.5 Å². The maximum atomic E-state index is 10.3. The van der Waals surface area contributed by atoms with Gasteiger partial charge in [0, 0.05) is 32.8 Å². The van der Waals surface area contributed by atoms with E-state index in [4.69, 9.17) is 0 Å². The normalized spacial score (nSPS) is 11.3. The van der Waals surface area contributed by atoms with Gasteiger partial charge in [-0.15, -0.1) is 0 Å². The quantitative estimate of drug-likeness (QED) is 0.199. The molecule has 0 spiro atoms. The topological polar surface area (TPSA) is 57.4 Å². The molecule has 0 fully saturated rings. The molecule has 4 heteroatoms. The molecule has 0 N–H and O–H groups in total. The van der Waals surface area contributed by atoms with Gasteiger partial charge in [0.05, 0.1) is 51.0 Å². The zero-order valence-corrected chi connectivity index (χ0v) is 25.8. The van der Waals surface area contributed by atoms with Crippen molar-refractivity contribution in [2.24, 2.45) is 0 Å². The van der Waals surface area contributed by atoms with Crippen LogP contribution in [0.2, 0.25) is 0 Å². The highest BCUT2D eigenvalue weighted by molar-refractivity contribution is 6.12. The van der Waals surface area contributed by atoms with E-state index in [1.165, 1.54) is 10.8 Å². The van der Waals surface area contributed by atoms with Gasteiger partial charge < -0.3 is 9.13 Å². The SMILES string of the molecule is N#Cc1cc(-n2c3ccccc3c3ccccc32)ccc1-c1ccc(-c2ccccc2-n2c3ccccc3c3c(C#N)cccc32)cc1. The molecule has 4 nitrogen and oxygen atoms in total. The van der Waals surface area contributed by atoms with Crippen molar-refractivity contribution in [2.45, 2.75) is 0 Å². The van der Waals surface area contributed by atoms with E-state index in [2.05, 4.69) is 149 Å². The second kappa shape index (κ2) is 10.9. The van der Waals surface area contributed by atoms with E-state index in [1.807, 2.05) is 30.3 Å². The van der Waals surface area contributed by atoms with Gasteiger partial charge in [0.15, 0.2) is 0 Å². The highest BCUT2D eigenvalue weighted by Crippen LogP contribution is 2.38. The van der Waals surface area contributed by atoms with Crippen molar-refractivity contribution < 1.29 is 0 Å². The molecule has 0 aliphatic carbocycles. The van der Waals surface area contributed by atoms with Crippen LogP contribution in [0.15, 0.2) is 158 Å². The van der Waals surface area contributed by atoms with Gasteiger partial charge in [0.1, 0.15) is 0 Å². The van der Waals surface area contributed by atoms with Crippen molar-refractivity contribution in [1.82, 2.24) is 9.13 Å². The summed E-state index contributed by atoms with van der Waals surface area (Å²) in [5, 5.41) is 24.7. The van der Waals surface area contributed by atoms with Gasteiger partial charge in [-0.25, -0.2) is 0 Å². The zero-order valence-electron chi connectivity index (χ0n) is 25.8. The van der Waals surface area contributed by atoms with Crippen LogP contribution in [0.1, 0.15) is 11.1 Å². The van der Waals surface area contributed by atoms with Gasteiger partial charge in [0.2, 0.25) is 0 Å². The highest BCUT2D eigenvalue weighted by Gasteiger charge is 2.18. The number of nitriles is 2. The van der Waals surface area contributed by atoms with Gasteiger partial charge in [-0.3, -0.25) is 0 Å². The number of hydrogen-bond acceptors (Lipinski definition) is 2. The van der Waals surface area contributed by atoms with Crippen molar-refractivity contribution in [2.75, 3.05) is 0 Å². The minimum Gasteiger partial charge on any atom is -0.309 e. The van der Waals surface area contributed by atoms with Crippen LogP contribution >= 0.6 is 0 Å². The lowest BCUT2D eigenvalue weighted by Gasteiger charge is -2.15. The fraction of sp³-hybridized carbons (Fsp3) is 0. The Bertz CT molecular complexity index is 2750. The van der Waals surface area contributed by atoms with E-state index >= 15 is 0 Å². The number of rotatable bonds is 4. The molecule has 9 aromatic rings. The first-order chi connectivity index (χ1) is 23.7. The van der Waals surface area contributed by atoms with E-state index in [-0.39, 0.29) is 0 Å². The second-order valence-corrected chi connectivity index (χ2v) is 12.0. The Morgan fingerprint density at radius 2 is 0.938 bits per heavy atom. The third-order valence-corrected chi connectivity index (χ3v) is 9.43. The highest BCUT2D eigenvalue weighted by atomic mass is 15.0. The van der Waals surface area contributed by atoms with Gasteiger partial charge in [0.25, 0.3) is 0 Å². The molecule has 48 heavy (non-hydrogen) atoms. The molecule has 0 unspecified atom stereocenters. The third-order valence-electron chi connectivity index (χ3n) is 9.43. The maximum absolute atomic E-state index is 10.3. The standard InChI is InChI=1S/C44H26N4/c45-27-31-10-9-19-43-44(31)38-14-4-8-18-42(38)48(43)39-15-5-1-11-35(39)30-22-20-29(21-23-30)34-25-24-33(26-32(34)28-46)47-40-16-6-2-12-36(40)37-13-3-7-17-41(37)47/h1-26H. The molecule has 0 aliphatic rings. The second-order valence-electron chi connectivity index (χ2n) is 12.0. The average molecular weight is 611 g/mol. The Hall–Kier alpha value is -6.88. The van der Waals surface area contributed by atoms with Gasteiger partial charge in [-0.05, 0) is 65.2 Å². The summed E-state index contributed by atoms with van der Waals surface area (Å²) in [5.41, 5.74) is 11.6. The number of nitrogens with zero attached hydrogens (tertiary/aromatic N) is 4. The smallest absolute Gasteiger partial charge is 0.0998 e. The predicted octanol–water partition coefficient (Wildman–Crippen LogP) is 11.0. The molecule has 0 bridgehead atoms. The van der Waals surface area contributed by atoms with Crippen LogP contribution in [-0.2, 0) is 0 Å². The fourth-order valence-corrected chi connectivity index (χ4v) is 7.33. The molecule has 0 saturated carbocycles. The molecule has 0 aliphatic heterocycles. The van der Waals surface area contributed by atoms with E-state index in [0.29, 0.717) is 11.1 Å². The minimum atomic E-state index is 0.626. The first-order valence-electron chi connectivity index (χ1n) is 15.9. The number of hydrogen-bond donors (Lipinski definition) is 0. The Balaban J connectivity index is 1.14. The summed E-state index contributed by atoms with van der Waals surface area (Å²) in [6.07, 6.45) is 0. The van der Waals surface area contributed by atoms with Crippen LogP contribution in [0.3, 0.4) is 0 Å². The molecular formula is C44H26N4. The summed E-state index contributed by atoms with van der Waals surface area (Å²) in [6.45, 7) is 0. The molecule has 9 rings (SSSR count). The summed E-state index contributed by atoms with van der Waals surface area (Å²) in [6, 6.07) is 58.9. The Morgan fingerprint density at radius 1 is 0.396 bits per heavy atom. The zero-order chi connectivity index (χ0) is 32.2. The van der Waals surface area contributed by atoms with Crippen molar-refractivity contribution in [3.8, 4) is 45.8 Å². The Morgan fingerprint density at radius 3 is 1.60 bits per heavy atom. The molecule has 0 atom stereocenters. The molecule has 0 amide bonds. The van der Waals surface area contributed by atoms with Gasteiger partial charge in [-0.1, -0.05) is 109 Å². The van der Waals surface area contributed by atoms with Gasteiger partial charge >= 0.3 is 0 Å². The van der Waals surface area contributed by atoms with Crippen molar-refractivity contribution in [3.05, 3.63) is 169 Å². The molecule has 222 valence electrons. The first kappa shape index (κ1) is 27.4. The summed E-state index contributed by atoms with van der Waals surface area (Å²) in [5.74, 6) is 0. The van der Waals surface area contributed by atoms with Crippen LogP contribution in [0, 0.1) is 22.7 Å². The van der Waals surface area contributed by atoms with Crippen molar-refractivity contribution in [1.29, 1.82) is 10.5 Å². The molecular weight excluding hydrogens is 585 g/mol. The van der Waals surface area contributed by atoms with E-state index in [9.17, 15) is 10.5 Å². The lowest BCUT2D eigenvalue weighted by molar-refractivity contribution is 1.18. The monoisotopic (exact) mass is 610 g/mol. The number of fused-ring (bicyclic) bond motifs is 6. The molecule has 0 saturated heterocycles. The average Bonchev–Trinajstić information content (AvgIpc) is 3.68. The molecule has 0 radical (unpaired) electrons.